The van der Waals surface area contributed by atoms with Crippen LogP contribution in [0.15, 0.2) is 23.8 Å². The van der Waals surface area contributed by atoms with Crippen LogP contribution in [-0.4, -0.2) is 23.9 Å². The standard InChI is InChI=1S/C11H22O.C11H22.C10H20O.C10H20.5CH4/c1-9(2,3)8-11(7,12-8)10(4,5)6;1-9(11(5,6)7)8-10(2,3)4;1-9(2,3)7-8(11-7)10(4,5)6;1-9(2,3)7-8-10(4,5)6;;;;;/h8H,1-7H3;8H,1-7H3;7-8H,1-6H3;7-8H,1-6H3;5*1H4/b;9-8-;;8-7-;;;;;. The fourth-order valence-electron chi connectivity index (χ4n) is 4.58. The maximum absolute atomic E-state index is 5.83. The molecule has 0 spiro atoms. The summed E-state index contributed by atoms with van der Waals surface area (Å²) in [4.78, 5) is 0. The smallest absolute Gasteiger partial charge is 0.0973 e. The third-order valence-corrected chi connectivity index (χ3v) is 8.20. The molecule has 304 valence electrons. The van der Waals surface area contributed by atoms with E-state index < -0.39 is 0 Å². The van der Waals surface area contributed by atoms with Crippen molar-refractivity contribution in [2.24, 2.45) is 43.3 Å². The molecule has 2 fully saturated rings. The summed E-state index contributed by atoms with van der Waals surface area (Å²) in [5.74, 6) is 0. The van der Waals surface area contributed by atoms with Crippen molar-refractivity contribution in [3.05, 3.63) is 23.8 Å². The highest BCUT2D eigenvalue weighted by atomic mass is 16.6. The van der Waals surface area contributed by atoms with Crippen molar-refractivity contribution in [1.29, 1.82) is 0 Å². The highest BCUT2D eigenvalue weighted by Gasteiger charge is 2.63. The molecule has 0 aromatic rings. The van der Waals surface area contributed by atoms with E-state index in [-0.39, 0.29) is 53.6 Å². The quantitative estimate of drug-likeness (QED) is 0.186. The SMILES string of the molecule is C.C.C.C.C.C/C(=C/C(C)(C)C)C(C)(C)C.CC(C)(C)/C=C\C(C)(C)C.CC(C)(C)C1OC1(C)C(C)(C)C.CC(C)(C)C1OC1C(C)(C)C. The number of rotatable bonds is 0. The minimum Gasteiger partial charge on any atom is -0.368 e. The molecule has 2 aliphatic heterocycles. The molecule has 2 rings (SSSR count). The summed E-state index contributed by atoms with van der Waals surface area (Å²) >= 11 is 0. The molecule has 0 aromatic heterocycles. The summed E-state index contributed by atoms with van der Waals surface area (Å²) in [7, 11) is 0. The molecule has 2 saturated heterocycles. The van der Waals surface area contributed by atoms with Crippen molar-refractivity contribution < 1.29 is 9.47 Å². The Bertz CT molecular complexity index is 872. The molecule has 0 N–H and O–H groups in total. The first-order valence-corrected chi connectivity index (χ1v) is 17.4. The lowest BCUT2D eigenvalue weighted by atomic mass is 9.73. The Morgan fingerprint density at radius 2 is 0.755 bits per heavy atom. The first-order valence-electron chi connectivity index (χ1n) is 17.4. The third-order valence-electron chi connectivity index (χ3n) is 8.20. The van der Waals surface area contributed by atoms with E-state index in [2.05, 4.69) is 198 Å². The average molecular weight is 701 g/mol. The summed E-state index contributed by atoms with van der Waals surface area (Å²) in [5, 5.41) is 0. The van der Waals surface area contributed by atoms with Crippen LogP contribution in [0.2, 0.25) is 0 Å². The van der Waals surface area contributed by atoms with E-state index in [0.717, 1.165) is 0 Å². The minimum atomic E-state index is 0. The summed E-state index contributed by atoms with van der Waals surface area (Å²) < 4.78 is 11.5. The lowest BCUT2D eigenvalue weighted by molar-refractivity contribution is 0.170. The Balaban J connectivity index is -0.0000000930. The van der Waals surface area contributed by atoms with Crippen molar-refractivity contribution in [1.82, 2.24) is 0 Å². The second-order valence-corrected chi connectivity index (χ2v) is 22.4. The van der Waals surface area contributed by atoms with E-state index in [1.54, 1.807) is 0 Å². The lowest BCUT2D eigenvalue weighted by Crippen LogP contribution is -2.33. The molecular weight excluding hydrogens is 597 g/mol. The maximum atomic E-state index is 5.83. The first kappa shape index (κ1) is 63.4. The van der Waals surface area contributed by atoms with Gasteiger partial charge in [-0.15, -0.1) is 0 Å². The van der Waals surface area contributed by atoms with Gasteiger partial charge in [0.05, 0.1) is 23.9 Å². The number of epoxide rings is 2. The van der Waals surface area contributed by atoms with Crippen molar-refractivity contribution in [2.45, 2.75) is 241 Å². The summed E-state index contributed by atoms with van der Waals surface area (Å²) in [6, 6.07) is 0. The lowest BCUT2D eigenvalue weighted by Gasteiger charge is -2.27. The van der Waals surface area contributed by atoms with E-state index in [1.807, 2.05) is 0 Å². The molecule has 0 aromatic carbocycles. The van der Waals surface area contributed by atoms with Gasteiger partial charge in [-0.2, -0.15) is 0 Å². The molecule has 0 saturated carbocycles. The Morgan fingerprint density at radius 1 is 0.469 bits per heavy atom. The van der Waals surface area contributed by atoms with Gasteiger partial charge < -0.3 is 9.47 Å². The van der Waals surface area contributed by atoms with E-state index >= 15 is 0 Å². The Kier molecular flexibility index (Phi) is 26.7. The van der Waals surface area contributed by atoms with Crippen LogP contribution in [0.3, 0.4) is 0 Å². The molecular formula is C47H104O2. The highest BCUT2D eigenvalue weighted by molar-refractivity contribution is 5.12. The van der Waals surface area contributed by atoms with Crippen LogP contribution >= 0.6 is 0 Å². The topological polar surface area (TPSA) is 25.1 Å². The van der Waals surface area contributed by atoms with Crippen LogP contribution in [0.5, 0.6) is 0 Å². The van der Waals surface area contributed by atoms with Crippen molar-refractivity contribution in [3.63, 3.8) is 0 Å². The molecule has 0 radical (unpaired) electrons. The van der Waals surface area contributed by atoms with Crippen LogP contribution in [0.4, 0.5) is 0 Å². The Morgan fingerprint density at radius 3 is 0.837 bits per heavy atom. The van der Waals surface area contributed by atoms with Crippen LogP contribution < -0.4 is 0 Å². The van der Waals surface area contributed by atoms with Crippen LogP contribution in [0.1, 0.15) is 217 Å². The predicted octanol–water partition coefficient (Wildman–Crippen LogP) is 16.9. The second-order valence-electron chi connectivity index (χ2n) is 22.4. The Hall–Kier alpha value is -0.600. The zero-order valence-corrected chi connectivity index (χ0v) is 35.3. The second kappa shape index (κ2) is 20.6. The van der Waals surface area contributed by atoms with Gasteiger partial charge in [0.1, 0.15) is 0 Å². The van der Waals surface area contributed by atoms with Crippen molar-refractivity contribution in [2.75, 3.05) is 0 Å². The largest absolute Gasteiger partial charge is 0.368 e. The van der Waals surface area contributed by atoms with Crippen LogP contribution in [-0.2, 0) is 9.47 Å². The highest BCUT2D eigenvalue weighted by Crippen LogP contribution is 2.56. The van der Waals surface area contributed by atoms with Gasteiger partial charge in [0, 0.05) is 0 Å². The maximum Gasteiger partial charge on any atom is 0.0973 e. The van der Waals surface area contributed by atoms with E-state index in [4.69, 9.17) is 9.47 Å². The number of ether oxygens (including phenoxy) is 2. The van der Waals surface area contributed by atoms with Gasteiger partial charge in [-0.25, -0.2) is 0 Å². The van der Waals surface area contributed by atoms with Gasteiger partial charge in [0.25, 0.3) is 0 Å². The number of allylic oxidation sites excluding steroid dienone is 4. The molecule has 0 bridgehead atoms. The predicted molar refractivity (Wildman–Crippen MR) is 234 cm³/mol. The average Bonchev–Trinajstić information content (AvgIpc) is 3.56. The first-order chi connectivity index (χ1) is 18.7. The number of hydrogen-bond donors (Lipinski definition) is 0. The van der Waals surface area contributed by atoms with Crippen LogP contribution in [0.25, 0.3) is 0 Å². The molecule has 0 amide bonds. The fourth-order valence-corrected chi connectivity index (χ4v) is 4.58. The van der Waals surface area contributed by atoms with Crippen molar-refractivity contribution >= 4 is 0 Å². The Labute approximate surface area is 316 Å². The van der Waals surface area contributed by atoms with E-state index in [9.17, 15) is 0 Å². The molecule has 49 heavy (non-hydrogen) atoms. The monoisotopic (exact) mass is 701 g/mol. The van der Waals surface area contributed by atoms with Crippen molar-refractivity contribution in [3.8, 4) is 0 Å². The zero-order valence-electron chi connectivity index (χ0n) is 35.3. The third kappa shape index (κ3) is 27.7. The van der Waals surface area contributed by atoms with Gasteiger partial charge in [0.2, 0.25) is 0 Å². The molecule has 0 aliphatic carbocycles. The molecule has 4 atom stereocenters. The molecule has 4 unspecified atom stereocenters. The summed E-state index contributed by atoms with van der Waals surface area (Å²) in [6.45, 7) is 58.1. The van der Waals surface area contributed by atoms with Crippen LogP contribution in [0, 0.1) is 43.3 Å². The number of hydrogen-bond acceptors (Lipinski definition) is 2. The van der Waals surface area contributed by atoms with Gasteiger partial charge in [-0.3, -0.25) is 0 Å². The summed E-state index contributed by atoms with van der Waals surface area (Å²) in [6.07, 6.45) is 8.27. The molecule has 2 heterocycles. The normalized spacial score (nSPS) is 22.7. The molecule has 2 nitrogen and oxygen atoms in total. The van der Waals surface area contributed by atoms with Gasteiger partial charge in [-0.1, -0.05) is 227 Å². The van der Waals surface area contributed by atoms with Gasteiger partial charge in [0.15, 0.2) is 0 Å². The minimum absolute atomic E-state index is 0. The van der Waals surface area contributed by atoms with E-state index in [0.29, 0.717) is 50.8 Å². The van der Waals surface area contributed by atoms with Gasteiger partial charge >= 0.3 is 0 Å². The molecule has 2 heteroatoms. The van der Waals surface area contributed by atoms with E-state index in [1.165, 1.54) is 5.57 Å². The molecule has 2 aliphatic rings. The zero-order chi connectivity index (χ0) is 36.3. The summed E-state index contributed by atoms with van der Waals surface area (Å²) in [5.41, 5.74) is 4.03. The fraction of sp³-hybridized carbons (Fsp3) is 0.915. The van der Waals surface area contributed by atoms with Gasteiger partial charge in [-0.05, 0) is 57.2 Å².